The standard InChI is InChI=1S/C12H16BrNO4/c1-16-10-6-8(7-14)5-9(13)12(10)18-4-3-11(15)17-2/h5-6H,3-4,7,14H2,1-2H3. The lowest BCUT2D eigenvalue weighted by molar-refractivity contribution is -0.141. The van der Waals surface area contributed by atoms with Crippen LogP contribution >= 0.6 is 15.9 Å². The Morgan fingerprint density at radius 1 is 1.39 bits per heavy atom. The Morgan fingerprint density at radius 2 is 2.11 bits per heavy atom. The summed E-state index contributed by atoms with van der Waals surface area (Å²) in [7, 11) is 2.89. The Labute approximate surface area is 114 Å². The molecule has 0 aromatic heterocycles. The molecule has 0 aliphatic heterocycles. The molecule has 0 aliphatic carbocycles. The molecule has 0 saturated heterocycles. The second-order valence-corrected chi connectivity index (χ2v) is 4.34. The van der Waals surface area contributed by atoms with Crippen LogP contribution < -0.4 is 15.2 Å². The Morgan fingerprint density at radius 3 is 2.67 bits per heavy atom. The van der Waals surface area contributed by atoms with Gasteiger partial charge in [-0.3, -0.25) is 4.79 Å². The van der Waals surface area contributed by atoms with Gasteiger partial charge in [-0.1, -0.05) is 0 Å². The number of nitrogens with two attached hydrogens (primary N) is 1. The van der Waals surface area contributed by atoms with Crippen LogP contribution in [-0.4, -0.2) is 26.8 Å². The van der Waals surface area contributed by atoms with Gasteiger partial charge in [-0.05, 0) is 33.6 Å². The molecule has 0 amide bonds. The summed E-state index contributed by atoms with van der Waals surface area (Å²) in [6.07, 6.45) is 0.185. The van der Waals surface area contributed by atoms with Crippen LogP contribution in [0.1, 0.15) is 12.0 Å². The lowest BCUT2D eigenvalue weighted by Crippen LogP contribution is -2.08. The third-order valence-corrected chi connectivity index (χ3v) is 2.89. The van der Waals surface area contributed by atoms with Gasteiger partial charge < -0.3 is 19.9 Å². The van der Waals surface area contributed by atoms with Crippen LogP contribution in [0, 0.1) is 0 Å². The van der Waals surface area contributed by atoms with E-state index in [9.17, 15) is 4.79 Å². The van der Waals surface area contributed by atoms with Gasteiger partial charge in [-0.25, -0.2) is 0 Å². The predicted octanol–water partition coefficient (Wildman–Crippen LogP) is 1.86. The third kappa shape index (κ3) is 3.89. The van der Waals surface area contributed by atoms with Crippen molar-refractivity contribution < 1.29 is 19.0 Å². The first-order valence-corrected chi connectivity index (χ1v) is 6.17. The van der Waals surface area contributed by atoms with Crippen molar-refractivity contribution >= 4 is 21.9 Å². The van der Waals surface area contributed by atoms with E-state index in [1.807, 2.05) is 6.07 Å². The van der Waals surface area contributed by atoms with Gasteiger partial charge in [-0.15, -0.1) is 0 Å². The predicted molar refractivity (Wildman–Crippen MR) is 70.7 cm³/mol. The van der Waals surface area contributed by atoms with Crippen LogP contribution in [0.2, 0.25) is 0 Å². The van der Waals surface area contributed by atoms with Crippen LogP contribution in [0.15, 0.2) is 16.6 Å². The normalized spacial score (nSPS) is 10.0. The number of carbonyl (C=O) groups is 1. The van der Waals surface area contributed by atoms with Crippen LogP contribution in [0.4, 0.5) is 0 Å². The minimum atomic E-state index is -0.316. The van der Waals surface area contributed by atoms with E-state index in [1.54, 1.807) is 13.2 Å². The van der Waals surface area contributed by atoms with Crippen LogP contribution in [0.25, 0.3) is 0 Å². The molecule has 0 aliphatic rings. The minimum Gasteiger partial charge on any atom is -0.493 e. The van der Waals surface area contributed by atoms with E-state index in [-0.39, 0.29) is 19.0 Å². The average Bonchev–Trinajstić information content (AvgIpc) is 2.39. The van der Waals surface area contributed by atoms with Gasteiger partial charge in [0, 0.05) is 6.54 Å². The van der Waals surface area contributed by atoms with E-state index in [1.165, 1.54) is 7.11 Å². The lowest BCUT2D eigenvalue weighted by atomic mass is 10.2. The van der Waals surface area contributed by atoms with Crippen molar-refractivity contribution in [3.63, 3.8) is 0 Å². The molecule has 1 rings (SSSR count). The molecule has 100 valence electrons. The summed E-state index contributed by atoms with van der Waals surface area (Å²) in [5.74, 6) is 0.817. The van der Waals surface area contributed by atoms with Crippen molar-refractivity contribution in [3.05, 3.63) is 22.2 Å². The Balaban J connectivity index is 2.78. The second-order valence-electron chi connectivity index (χ2n) is 3.49. The summed E-state index contributed by atoms with van der Waals surface area (Å²) in [6.45, 7) is 0.640. The highest BCUT2D eigenvalue weighted by Crippen LogP contribution is 2.36. The average molecular weight is 318 g/mol. The van der Waals surface area contributed by atoms with Gasteiger partial charge in [0.05, 0.1) is 31.7 Å². The van der Waals surface area contributed by atoms with Crippen molar-refractivity contribution in [1.82, 2.24) is 0 Å². The number of ether oxygens (including phenoxy) is 3. The van der Waals surface area contributed by atoms with Crippen LogP contribution in [0.5, 0.6) is 11.5 Å². The van der Waals surface area contributed by atoms with Gasteiger partial charge in [-0.2, -0.15) is 0 Å². The van der Waals surface area contributed by atoms with E-state index in [0.717, 1.165) is 10.0 Å². The third-order valence-electron chi connectivity index (χ3n) is 2.31. The molecule has 0 fully saturated rings. The number of rotatable bonds is 6. The lowest BCUT2D eigenvalue weighted by Gasteiger charge is -2.13. The molecule has 0 saturated carbocycles. The first-order valence-electron chi connectivity index (χ1n) is 5.38. The molecule has 0 spiro atoms. The molecular weight excluding hydrogens is 302 g/mol. The first-order chi connectivity index (χ1) is 8.62. The highest BCUT2D eigenvalue weighted by atomic mass is 79.9. The molecule has 18 heavy (non-hydrogen) atoms. The topological polar surface area (TPSA) is 70.8 Å². The fraction of sp³-hybridized carbons (Fsp3) is 0.417. The number of hydrogen-bond donors (Lipinski definition) is 1. The molecule has 6 heteroatoms. The SMILES string of the molecule is COC(=O)CCOc1c(Br)cc(CN)cc1OC. The van der Waals surface area contributed by atoms with Crippen LogP contribution in [0.3, 0.4) is 0 Å². The van der Waals surface area contributed by atoms with Crippen LogP contribution in [-0.2, 0) is 16.1 Å². The number of hydrogen-bond acceptors (Lipinski definition) is 5. The minimum absolute atomic E-state index is 0.185. The van der Waals surface area contributed by atoms with Crippen molar-refractivity contribution in [3.8, 4) is 11.5 Å². The van der Waals surface area contributed by atoms with E-state index < -0.39 is 0 Å². The maximum atomic E-state index is 11.0. The zero-order valence-electron chi connectivity index (χ0n) is 10.4. The largest absolute Gasteiger partial charge is 0.493 e. The fourth-order valence-corrected chi connectivity index (χ4v) is 1.97. The highest BCUT2D eigenvalue weighted by molar-refractivity contribution is 9.10. The molecule has 1 aromatic rings. The van der Waals surface area contributed by atoms with E-state index in [4.69, 9.17) is 15.2 Å². The van der Waals surface area contributed by atoms with Crippen molar-refractivity contribution in [2.45, 2.75) is 13.0 Å². The molecule has 2 N–H and O–H groups in total. The Kier molecular flexibility index (Phi) is 5.94. The smallest absolute Gasteiger partial charge is 0.308 e. The Bertz CT molecular complexity index is 423. The van der Waals surface area contributed by atoms with Gasteiger partial charge >= 0.3 is 5.97 Å². The van der Waals surface area contributed by atoms with Gasteiger partial charge in [0.1, 0.15) is 0 Å². The van der Waals surface area contributed by atoms with E-state index >= 15 is 0 Å². The van der Waals surface area contributed by atoms with E-state index in [0.29, 0.717) is 18.0 Å². The molecular formula is C12H16BrNO4. The molecule has 0 atom stereocenters. The molecule has 0 radical (unpaired) electrons. The summed E-state index contributed by atoms with van der Waals surface area (Å²) in [4.78, 5) is 11.0. The molecule has 0 bridgehead atoms. The molecule has 0 heterocycles. The number of benzene rings is 1. The first kappa shape index (κ1) is 14.8. The number of carbonyl (C=O) groups excluding carboxylic acids is 1. The maximum absolute atomic E-state index is 11.0. The number of esters is 1. The monoisotopic (exact) mass is 317 g/mol. The summed E-state index contributed by atoms with van der Waals surface area (Å²) in [6, 6.07) is 3.66. The van der Waals surface area contributed by atoms with E-state index in [2.05, 4.69) is 20.7 Å². The van der Waals surface area contributed by atoms with Gasteiger partial charge in [0.15, 0.2) is 11.5 Å². The highest BCUT2D eigenvalue weighted by Gasteiger charge is 2.12. The van der Waals surface area contributed by atoms with Gasteiger partial charge in [0.2, 0.25) is 0 Å². The fourth-order valence-electron chi connectivity index (χ4n) is 1.37. The summed E-state index contributed by atoms with van der Waals surface area (Å²) in [5.41, 5.74) is 6.50. The van der Waals surface area contributed by atoms with Crippen molar-refractivity contribution in [2.75, 3.05) is 20.8 Å². The summed E-state index contributed by atoms with van der Waals surface area (Å²) < 4.78 is 16.0. The maximum Gasteiger partial charge on any atom is 0.308 e. The Hall–Kier alpha value is -1.27. The summed E-state index contributed by atoms with van der Waals surface area (Å²) >= 11 is 3.39. The zero-order chi connectivity index (χ0) is 13.5. The quantitative estimate of drug-likeness (QED) is 0.811. The molecule has 0 unspecified atom stereocenters. The number of halogens is 1. The summed E-state index contributed by atoms with van der Waals surface area (Å²) in [5, 5.41) is 0. The second kappa shape index (κ2) is 7.23. The van der Waals surface area contributed by atoms with Gasteiger partial charge in [0.25, 0.3) is 0 Å². The zero-order valence-corrected chi connectivity index (χ0v) is 12.0. The van der Waals surface area contributed by atoms with Crippen molar-refractivity contribution in [1.29, 1.82) is 0 Å². The molecule has 5 nitrogen and oxygen atoms in total. The molecule has 1 aromatic carbocycles. The number of methoxy groups -OCH3 is 2. The van der Waals surface area contributed by atoms with Crippen molar-refractivity contribution in [2.24, 2.45) is 5.73 Å².